The standard InChI is InChI=1S/C14H18O5/c1-5-18-14(16)13-11(9(2)19-10(3)15)7-6-8-12(13)17-4/h6-9H,5H2,1-4H3. The van der Waals surface area contributed by atoms with Crippen LogP contribution >= 0.6 is 0 Å². The summed E-state index contributed by atoms with van der Waals surface area (Å²) in [6.45, 7) is 5.00. The Labute approximate surface area is 112 Å². The molecule has 0 aliphatic carbocycles. The minimum atomic E-state index is -0.549. The van der Waals surface area contributed by atoms with Gasteiger partial charge in [-0.05, 0) is 19.9 Å². The number of hydrogen-bond acceptors (Lipinski definition) is 5. The minimum absolute atomic E-state index is 0.262. The maximum absolute atomic E-state index is 12.0. The average molecular weight is 266 g/mol. The van der Waals surface area contributed by atoms with Gasteiger partial charge in [-0.15, -0.1) is 0 Å². The quantitative estimate of drug-likeness (QED) is 0.766. The monoisotopic (exact) mass is 266 g/mol. The Morgan fingerprint density at radius 2 is 2.00 bits per heavy atom. The van der Waals surface area contributed by atoms with E-state index in [2.05, 4.69) is 0 Å². The first-order chi connectivity index (χ1) is 9.01. The lowest BCUT2D eigenvalue weighted by atomic mass is 10.0. The Hall–Kier alpha value is -2.04. The van der Waals surface area contributed by atoms with E-state index in [0.717, 1.165) is 0 Å². The molecule has 0 aliphatic heterocycles. The van der Waals surface area contributed by atoms with Gasteiger partial charge < -0.3 is 14.2 Å². The fraction of sp³-hybridized carbons (Fsp3) is 0.429. The first kappa shape index (κ1) is 15.0. The number of carbonyl (C=O) groups is 2. The Morgan fingerprint density at radius 1 is 1.32 bits per heavy atom. The molecular weight excluding hydrogens is 248 g/mol. The summed E-state index contributed by atoms with van der Waals surface area (Å²) in [5.74, 6) is -0.506. The topological polar surface area (TPSA) is 61.8 Å². The van der Waals surface area contributed by atoms with Gasteiger partial charge in [0.2, 0.25) is 0 Å². The molecule has 0 saturated heterocycles. The van der Waals surface area contributed by atoms with Crippen molar-refractivity contribution < 1.29 is 23.8 Å². The minimum Gasteiger partial charge on any atom is -0.496 e. The van der Waals surface area contributed by atoms with E-state index in [9.17, 15) is 9.59 Å². The third-order valence-corrected chi connectivity index (χ3v) is 2.54. The highest BCUT2D eigenvalue weighted by Crippen LogP contribution is 2.29. The maximum Gasteiger partial charge on any atom is 0.342 e. The van der Waals surface area contributed by atoms with Crippen LogP contribution in [0.3, 0.4) is 0 Å². The molecule has 0 N–H and O–H groups in total. The van der Waals surface area contributed by atoms with E-state index in [4.69, 9.17) is 14.2 Å². The van der Waals surface area contributed by atoms with Gasteiger partial charge in [-0.1, -0.05) is 12.1 Å². The van der Waals surface area contributed by atoms with Crippen LogP contribution in [0.1, 0.15) is 42.8 Å². The van der Waals surface area contributed by atoms with Crippen molar-refractivity contribution in [2.45, 2.75) is 26.9 Å². The SMILES string of the molecule is CCOC(=O)c1c(OC)cccc1C(C)OC(C)=O. The fourth-order valence-corrected chi connectivity index (χ4v) is 1.79. The number of hydrogen-bond donors (Lipinski definition) is 0. The Balaban J connectivity index is 3.22. The first-order valence-corrected chi connectivity index (χ1v) is 6.02. The molecule has 19 heavy (non-hydrogen) atoms. The predicted molar refractivity (Wildman–Crippen MR) is 69.1 cm³/mol. The smallest absolute Gasteiger partial charge is 0.342 e. The van der Waals surface area contributed by atoms with Crippen molar-refractivity contribution in [1.29, 1.82) is 0 Å². The Bertz CT molecular complexity index is 467. The summed E-state index contributed by atoms with van der Waals surface area (Å²) >= 11 is 0. The molecule has 0 radical (unpaired) electrons. The van der Waals surface area contributed by atoms with E-state index in [1.807, 2.05) is 0 Å². The van der Waals surface area contributed by atoms with Crippen molar-refractivity contribution in [2.75, 3.05) is 13.7 Å². The summed E-state index contributed by atoms with van der Waals surface area (Å²) in [6.07, 6.45) is -0.549. The van der Waals surface area contributed by atoms with Crippen LogP contribution in [-0.4, -0.2) is 25.7 Å². The van der Waals surface area contributed by atoms with Crippen LogP contribution in [0, 0.1) is 0 Å². The summed E-state index contributed by atoms with van der Waals surface area (Å²) in [5.41, 5.74) is 0.855. The van der Waals surface area contributed by atoms with Crippen LogP contribution in [-0.2, 0) is 14.3 Å². The highest BCUT2D eigenvalue weighted by molar-refractivity contribution is 5.94. The van der Waals surface area contributed by atoms with Crippen molar-refractivity contribution in [3.63, 3.8) is 0 Å². The zero-order chi connectivity index (χ0) is 14.4. The van der Waals surface area contributed by atoms with Crippen LogP contribution in [0.5, 0.6) is 5.75 Å². The lowest BCUT2D eigenvalue weighted by Crippen LogP contribution is -2.14. The van der Waals surface area contributed by atoms with Gasteiger partial charge in [0.1, 0.15) is 17.4 Å². The van der Waals surface area contributed by atoms with Crippen molar-refractivity contribution in [3.8, 4) is 5.75 Å². The van der Waals surface area contributed by atoms with Crippen LogP contribution in [0.25, 0.3) is 0 Å². The summed E-state index contributed by atoms with van der Waals surface area (Å²) < 4.78 is 15.3. The first-order valence-electron chi connectivity index (χ1n) is 6.02. The number of methoxy groups -OCH3 is 1. The van der Waals surface area contributed by atoms with E-state index in [1.54, 1.807) is 32.0 Å². The van der Waals surface area contributed by atoms with Gasteiger partial charge >= 0.3 is 11.9 Å². The molecule has 104 valence electrons. The predicted octanol–water partition coefficient (Wildman–Crippen LogP) is 2.50. The molecule has 1 aromatic carbocycles. The van der Waals surface area contributed by atoms with Gasteiger partial charge in [-0.25, -0.2) is 4.79 Å². The van der Waals surface area contributed by atoms with Crippen molar-refractivity contribution in [2.24, 2.45) is 0 Å². The fourth-order valence-electron chi connectivity index (χ4n) is 1.79. The third-order valence-electron chi connectivity index (χ3n) is 2.54. The van der Waals surface area contributed by atoms with Crippen LogP contribution in [0.2, 0.25) is 0 Å². The average Bonchev–Trinajstić information content (AvgIpc) is 2.37. The number of benzene rings is 1. The summed E-state index contributed by atoms with van der Waals surface area (Å²) in [4.78, 5) is 23.0. The second-order valence-electron chi connectivity index (χ2n) is 3.90. The zero-order valence-electron chi connectivity index (χ0n) is 11.6. The molecule has 0 spiro atoms. The molecule has 0 amide bonds. The van der Waals surface area contributed by atoms with Crippen LogP contribution < -0.4 is 4.74 Å². The molecular formula is C14H18O5. The molecule has 0 aromatic heterocycles. The van der Waals surface area contributed by atoms with Gasteiger partial charge in [0.05, 0.1) is 13.7 Å². The van der Waals surface area contributed by atoms with E-state index < -0.39 is 18.0 Å². The molecule has 0 bridgehead atoms. The second kappa shape index (κ2) is 6.78. The summed E-state index contributed by atoms with van der Waals surface area (Å²) in [7, 11) is 1.47. The number of ether oxygens (including phenoxy) is 3. The number of esters is 2. The molecule has 5 nitrogen and oxygen atoms in total. The summed E-state index contributed by atoms with van der Waals surface area (Å²) in [5, 5.41) is 0. The lowest BCUT2D eigenvalue weighted by Gasteiger charge is -2.17. The highest BCUT2D eigenvalue weighted by atomic mass is 16.5. The van der Waals surface area contributed by atoms with Gasteiger partial charge in [0.15, 0.2) is 0 Å². The van der Waals surface area contributed by atoms with E-state index >= 15 is 0 Å². The van der Waals surface area contributed by atoms with Gasteiger partial charge in [0.25, 0.3) is 0 Å². The lowest BCUT2D eigenvalue weighted by molar-refractivity contribution is -0.145. The Morgan fingerprint density at radius 3 is 2.53 bits per heavy atom. The largest absolute Gasteiger partial charge is 0.496 e. The van der Waals surface area contributed by atoms with E-state index in [0.29, 0.717) is 16.9 Å². The van der Waals surface area contributed by atoms with Crippen LogP contribution in [0.4, 0.5) is 0 Å². The molecule has 1 atom stereocenters. The summed E-state index contributed by atoms with van der Waals surface area (Å²) in [6, 6.07) is 5.11. The Kier molecular flexibility index (Phi) is 5.36. The van der Waals surface area contributed by atoms with Crippen LogP contribution in [0.15, 0.2) is 18.2 Å². The molecule has 1 aromatic rings. The van der Waals surface area contributed by atoms with Gasteiger partial charge in [-0.2, -0.15) is 0 Å². The van der Waals surface area contributed by atoms with Gasteiger partial charge in [-0.3, -0.25) is 4.79 Å². The second-order valence-corrected chi connectivity index (χ2v) is 3.90. The molecule has 1 unspecified atom stereocenters. The van der Waals surface area contributed by atoms with Gasteiger partial charge in [0, 0.05) is 12.5 Å². The van der Waals surface area contributed by atoms with Crippen molar-refractivity contribution >= 4 is 11.9 Å². The molecule has 5 heteroatoms. The number of rotatable bonds is 5. The van der Waals surface area contributed by atoms with E-state index in [-0.39, 0.29) is 6.61 Å². The number of carbonyl (C=O) groups excluding carboxylic acids is 2. The third kappa shape index (κ3) is 3.71. The molecule has 0 heterocycles. The highest BCUT2D eigenvalue weighted by Gasteiger charge is 2.23. The molecule has 1 rings (SSSR count). The molecule has 0 saturated carbocycles. The van der Waals surface area contributed by atoms with Crippen molar-refractivity contribution in [3.05, 3.63) is 29.3 Å². The van der Waals surface area contributed by atoms with Crippen molar-refractivity contribution in [1.82, 2.24) is 0 Å². The zero-order valence-corrected chi connectivity index (χ0v) is 11.6. The molecule has 0 fully saturated rings. The molecule has 0 aliphatic rings. The normalized spacial score (nSPS) is 11.6. The maximum atomic E-state index is 12.0. The van der Waals surface area contributed by atoms with E-state index in [1.165, 1.54) is 14.0 Å².